The van der Waals surface area contributed by atoms with E-state index in [2.05, 4.69) is 4.98 Å². The fourth-order valence-electron chi connectivity index (χ4n) is 4.25. The Morgan fingerprint density at radius 1 is 1.03 bits per heavy atom. The van der Waals surface area contributed by atoms with E-state index in [9.17, 15) is 14.7 Å². The highest BCUT2D eigenvalue weighted by Crippen LogP contribution is 2.44. The standard InChI is InChI=1S/C28H24N2O5S/c1-4-35-20-13-14-21-22(15-20)36-28(29-21)30-24(17-9-11-19(34-3)12-10-17)23(26(32)27(30)33)25(31)18-7-5-16(2)6-8-18/h5-15,24,31H,4H2,1-3H3/t24-/m1/s1. The molecule has 3 aromatic carbocycles. The minimum Gasteiger partial charge on any atom is -0.507 e. The van der Waals surface area contributed by atoms with E-state index in [-0.39, 0.29) is 11.3 Å². The number of carbonyl (C=O) groups excluding carboxylic acids is 2. The number of hydrogen-bond acceptors (Lipinski definition) is 7. The van der Waals surface area contributed by atoms with E-state index in [0.29, 0.717) is 39.9 Å². The average molecular weight is 501 g/mol. The largest absolute Gasteiger partial charge is 0.507 e. The molecule has 7 nitrogen and oxygen atoms in total. The van der Waals surface area contributed by atoms with Gasteiger partial charge in [-0.05, 0) is 49.7 Å². The molecule has 4 aromatic rings. The molecule has 1 saturated heterocycles. The van der Waals surface area contributed by atoms with Gasteiger partial charge in [0.25, 0.3) is 5.78 Å². The van der Waals surface area contributed by atoms with E-state index in [1.54, 1.807) is 43.5 Å². The molecule has 8 heteroatoms. The fraction of sp³-hybridized carbons (Fsp3) is 0.179. The molecule has 0 unspecified atom stereocenters. The number of aliphatic hydroxyl groups is 1. The van der Waals surface area contributed by atoms with Crippen molar-refractivity contribution in [2.75, 3.05) is 18.6 Å². The van der Waals surface area contributed by atoms with Gasteiger partial charge in [0.05, 0.1) is 35.5 Å². The van der Waals surface area contributed by atoms with Crippen LogP contribution >= 0.6 is 11.3 Å². The van der Waals surface area contributed by atoms with Crippen LogP contribution in [0.4, 0.5) is 5.13 Å². The lowest BCUT2D eigenvalue weighted by Gasteiger charge is -2.23. The SMILES string of the molecule is CCOc1ccc2nc(N3C(=O)C(=O)C(=C(O)c4ccc(C)cc4)[C@H]3c3ccc(OC)cc3)sc2c1. The molecule has 2 heterocycles. The third-order valence-electron chi connectivity index (χ3n) is 6.07. The van der Waals surface area contributed by atoms with Crippen LogP contribution in [-0.4, -0.2) is 35.5 Å². The zero-order valence-electron chi connectivity index (χ0n) is 20.0. The number of methoxy groups -OCH3 is 1. The fourth-order valence-corrected chi connectivity index (χ4v) is 5.27. The van der Waals surface area contributed by atoms with E-state index in [1.165, 1.54) is 16.2 Å². The number of rotatable bonds is 6. The lowest BCUT2D eigenvalue weighted by atomic mass is 9.95. The maximum Gasteiger partial charge on any atom is 0.301 e. The minimum atomic E-state index is -0.857. The number of Topliss-reactive ketones (excluding diaryl/α,β-unsaturated/α-hetero) is 1. The number of fused-ring (bicyclic) bond motifs is 1. The highest BCUT2D eigenvalue weighted by Gasteiger charge is 2.48. The summed E-state index contributed by atoms with van der Waals surface area (Å²) in [4.78, 5) is 32.8. The number of ketones is 1. The van der Waals surface area contributed by atoms with Crippen LogP contribution < -0.4 is 14.4 Å². The molecule has 0 radical (unpaired) electrons. The van der Waals surface area contributed by atoms with Crippen molar-refractivity contribution in [2.24, 2.45) is 0 Å². The second-order valence-corrected chi connectivity index (χ2v) is 9.38. The third-order valence-corrected chi connectivity index (χ3v) is 7.08. The van der Waals surface area contributed by atoms with Gasteiger partial charge in [0.15, 0.2) is 5.13 Å². The van der Waals surface area contributed by atoms with Crippen LogP contribution in [0.15, 0.2) is 72.3 Å². The number of nitrogens with zero attached hydrogens (tertiary/aromatic N) is 2. The number of aromatic nitrogens is 1. The first kappa shape index (κ1) is 23.6. The Hall–Kier alpha value is -4.17. The van der Waals surface area contributed by atoms with Crippen LogP contribution in [0.3, 0.4) is 0 Å². The lowest BCUT2D eigenvalue weighted by Crippen LogP contribution is -2.29. The Morgan fingerprint density at radius 3 is 2.39 bits per heavy atom. The maximum atomic E-state index is 13.4. The van der Waals surface area contributed by atoms with Crippen molar-refractivity contribution in [3.05, 3.63) is 89.0 Å². The Kier molecular flexibility index (Phi) is 6.20. The summed E-state index contributed by atoms with van der Waals surface area (Å²) in [7, 11) is 1.57. The maximum absolute atomic E-state index is 13.4. The number of amides is 1. The number of aryl methyl sites for hydroxylation is 1. The molecule has 0 aliphatic carbocycles. The van der Waals surface area contributed by atoms with E-state index >= 15 is 0 Å². The van der Waals surface area contributed by atoms with Crippen LogP contribution in [0.25, 0.3) is 16.0 Å². The molecule has 36 heavy (non-hydrogen) atoms. The smallest absolute Gasteiger partial charge is 0.301 e. The molecule has 182 valence electrons. The zero-order chi connectivity index (χ0) is 25.4. The van der Waals surface area contributed by atoms with Crippen LogP contribution in [0.5, 0.6) is 11.5 Å². The molecule has 5 rings (SSSR count). The number of hydrogen-bond donors (Lipinski definition) is 1. The molecular formula is C28H24N2O5S. The Morgan fingerprint density at radius 2 is 1.72 bits per heavy atom. The minimum absolute atomic E-state index is 0.0169. The topological polar surface area (TPSA) is 89.0 Å². The van der Waals surface area contributed by atoms with Crippen LogP contribution in [-0.2, 0) is 9.59 Å². The van der Waals surface area contributed by atoms with E-state index < -0.39 is 17.7 Å². The van der Waals surface area contributed by atoms with Gasteiger partial charge in [-0.3, -0.25) is 14.5 Å². The summed E-state index contributed by atoms with van der Waals surface area (Å²) in [6.45, 7) is 4.37. The van der Waals surface area contributed by atoms with Gasteiger partial charge in [0.2, 0.25) is 0 Å². The lowest BCUT2D eigenvalue weighted by molar-refractivity contribution is -0.132. The molecule has 0 bridgehead atoms. The van der Waals surface area contributed by atoms with Gasteiger partial charge >= 0.3 is 5.91 Å². The second kappa shape index (κ2) is 9.47. The van der Waals surface area contributed by atoms with Crippen molar-refractivity contribution in [3.63, 3.8) is 0 Å². The summed E-state index contributed by atoms with van der Waals surface area (Å²) in [6, 6.07) is 18.9. The normalized spacial score (nSPS) is 17.1. The number of ether oxygens (including phenoxy) is 2. The molecule has 1 N–H and O–H groups in total. The van der Waals surface area contributed by atoms with Gasteiger partial charge in [0.1, 0.15) is 17.3 Å². The van der Waals surface area contributed by atoms with Crippen LogP contribution in [0.1, 0.15) is 29.7 Å². The molecule has 1 aliphatic rings. The number of aliphatic hydroxyl groups excluding tert-OH is 1. The molecule has 1 aliphatic heterocycles. The summed E-state index contributed by atoms with van der Waals surface area (Å²) in [6.07, 6.45) is 0. The quantitative estimate of drug-likeness (QED) is 0.209. The first-order valence-electron chi connectivity index (χ1n) is 11.5. The van der Waals surface area contributed by atoms with Crippen molar-refractivity contribution >= 4 is 44.1 Å². The third kappa shape index (κ3) is 4.09. The molecule has 1 fully saturated rings. The summed E-state index contributed by atoms with van der Waals surface area (Å²) in [5.74, 6) is -0.390. The summed E-state index contributed by atoms with van der Waals surface area (Å²) in [5, 5.41) is 11.6. The highest BCUT2D eigenvalue weighted by molar-refractivity contribution is 7.22. The van der Waals surface area contributed by atoms with Crippen molar-refractivity contribution in [1.82, 2.24) is 4.98 Å². The van der Waals surface area contributed by atoms with Gasteiger partial charge in [-0.15, -0.1) is 0 Å². The second-order valence-electron chi connectivity index (χ2n) is 8.37. The van der Waals surface area contributed by atoms with Crippen molar-refractivity contribution in [2.45, 2.75) is 19.9 Å². The van der Waals surface area contributed by atoms with Crippen LogP contribution in [0, 0.1) is 6.92 Å². The molecule has 0 spiro atoms. The van der Waals surface area contributed by atoms with Crippen molar-refractivity contribution in [3.8, 4) is 11.5 Å². The van der Waals surface area contributed by atoms with E-state index in [1.807, 2.05) is 44.2 Å². The van der Waals surface area contributed by atoms with Gasteiger partial charge in [-0.25, -0.2) is 4.98 Å². The zero-order valence-corrected chi connectivity index (χ0v) is 20.8. The monoisotopic (exact) mass is 500 g/mol. The average Bonchev–Trinajstić information content (AvgIpc) is 3.42. The molecule has 0 saturated carbocycles. The van der Waals surface area contributed by atoms with Crippen molar-refractivity contribution in [1.29, 1.82) is 0 Å². The van der Waals surface area contributed by atoms with Gasteiger partial charge in [-0.2, -0.15) is 0 Å². The molecule has 1 amide bonds. The van der Waals surface area contributed by atoms with Gasteiger partial charge in [0, 0.05) is 5.56 Å². The van der Waals surface area contributed by atoms with Gasteiger partial charge < -0.3 is 14.6 Å². The Bertz CT molecular complexity index is 1490. The molecular weight excluding hydrogens is 476 g/mol. The Labute approximate surface area is 212 Å². The van der Waals surface area contributed by atoms with Crippen LogP contribution in [0.2, 0.25) is 0 Å². The molecule has 1 atom stereocenters. The van der Waals surface area contributed by atoms with Gasteiger partial charge in [-0.1, -0.05) is 53.3 Å². The summed E-state index contributed by atoms with van der Waals surface area (Å²) < 4.78 is 11.7. The summed E-state index contributed by atoms with van der Waals surface area (Å²) >= 11 is 1.29. The summed E-state index contributed by atoms with van der Waals surface area (Å²) in [5.41, 5.74) is 2.83. The van der Waals surface area contributed by atoms with Crippen molar-refractivity contribution < 1.29 is 24.2 Å². The Balaban J connectivity index is 1.68. The predicted molar refractivity (Wildman–Crippen MR) is 140 cm³/mol. The predicted octanol–water partition coefficient (Wildman–Crippen LogP) is 5.64. The molecule has 1 aromatic heterocycles. The van der Waals surface area contributed by atoms with E-state index in [0.717, 1.165) is 10.3 Å². The number of anilines is 1. The highest BCUT2D eigenvalue weighted by atomic mass is 32.1. The number of benzene rings is 3. The first-order valence-corrected chi connectivity index (χ1v) is 12.3. The number of thiazole rings is 1. The van der Waals surface area contributed by atoms with E-state index in [4.69, 9.17) is 9.47 Å². The first-order chi connectivity index (χ1) is 17.4. The number of carbonyl (C=O) groups is 2.